The van der Waals surface area contributed by atoms with Crippen LogP contribution in [0.4, 0.5) is 0 Å². The molecule has 0 spiro atoms. The van der Waals surface area contributed by atoms with E-state index in [-0.39, 0.29) is 31.3 Å². The quantitative estimate of drug-likeness (QED) is 0.155. The predicted octanol–water partition coefficient (Wildman–Crippen LogP) is 6.54. The molecule has 1 aliphatic rings. The monoisotopic (exact) mass is 660 g/mol. The summed E-state index contributed by atoms with van der Waals surface area (Å²) in [5.41, 5.74) is 5.52. The van der Waals surface area contributed by atoms with Crippen LogP contribution >= 0.6 is 46.6 Å². The van der Waals surface area contributed by atoms with Gasteiger partial charge in [0.05, 0.1) is 18.8 Å². The molecule has 0 radical (unpaired) electrons. The number of halogens is 3. The van der Waals surface area contributed by atoms with E-state index in [4.69, 9.17) is 44.3 Å². The fourth-order valence-electron chi connectivity index (χ4n) is 4.88. The molecule has 1 fully saturated rings. The van der Waals surface area contributed by atoms with E-state index in [1.807, 2.05) is 78.3 Å². The van der Waals surface area contributed by atoms with E-state index in [0.29, 0.717) is 5.75 Å². The van der Waals surface area contributed by atoms with E-state index in [0.717, 1.165) is 38.5 Å². The van der Waals surface area contributed by atoms with Crippen molar-refractivity contribution in [3.63, 3.8) is 0 Å². The highest BCUT2D eigenvalue weighted by molar-refractivity contribution is 7.99. The Morgan fingerprint density at radius 2 is 1.72 bits per heavy atom. The first-order valence-corrected chi connectivity index (χ1v) is 15.8. The fraction of sp³-hybridized carbons (Fsp3) is 0.323. The maximum atomic E-state index is 12.0. The number of rotatable bonds is 9. The van der Waals surface area contributed by atoms with Gasteiger partial charge in [0, 0.05) is 30.8 Å². The van der Waals surface area contributed by atoms with Crippen LogP contribution in [0.25, 0.3) is 11.1 Å². The number of benzene rings is 3. The first-order valence-electron chi connectivity index (χ1n) is 13.6. The summed E-state index contributed by atoms with van der Waals surface area (Å²) in [7, 11) is 1.92. The molecule has 43 heavy (non-hydrogen) atoms. The van der Waals surface area contributed by atoms with Crippen LogP contribution in [0.3, 0.4) is 0 Å². The van der Waals surface area contributed by atoms with Gasteiger partial charge in [-0.2, -0.15) is 0 Å². The number of thioether (sulfide) groups is 1. The summed E-state index contributed by atoms with van der Waals surface area (Å²) in [4.78, 5) is 12.0. The zero-order valence-corrected chi connectivity index (χ0v) is 26.6. The summed E-state index contributed by atoms with van der Waals surface area (Å²) in [6.45, 7) is 2.33. The predicted molar refractivity (Wildman–Crippen MR) is 169 cm³/mol. The Balaban J connectivity index is 1.39. The van der Waals surface area contributed by atoms with Crippen LogP contribution in [-0.4, -0.2) is 41.4 Å². The lowest BCUT2D eigenvalue weighted by atomic mass is 9.91. The summed E-state index contributed by atoms with van der Waals surface area (Å²) in [5.74, 6) is 0.0263. The molecule has 0 unspecified atom stereocenters. The minimum atomic E-state index is -2.02. The number of aliphatic hydroxyl groups excluding tert-OH is 1. The molecule has 4 atom stereocenters. The Morgan fingerprint density at radius 3 is 2.40 bits per heavy atom. The first kappa shape index (κ1) is 31.8. The third-order valence-electron chi connectivity index (χ3n) is 7.30. The van der Waals surface area contributed by atoms with E-state index in [1.54, 1.807) is 18.1 Å². The number of alkyl halides is 3. The van der Waals surface area contributed by atoms with Crippen LogP contribution in [0.1, 0.15) is 41.6 Å². The number of aliphatic hydroxyl groups is 1. The summed E-state index contributed by atoms with van der Waals surface area (Å²) in [5, 5.41) is 21.2. The third-order valence-corrected chi connectivity index (χ3v) is 8.94. The highest BCUT2D eigenvalue weighted by atomic mass is 35.6. The lowest BCUT2D eigenvalue weighted by Gasteiger charge is -2.41. The summed E-state index contributed by atoms with van der Waals surface area (Å²) in [6, 6.07) is 23.7. The standard InChI is InChI=1S/C31H31Cl3N4O4S/c1-19-26(17-43-30-37-36-18-38(30)2)41-28(42-27(19)22-11-9-20(16-39)10-12-22)25-8-4-7-24(14-25)23-6-3-5-21(13-23)15-35-29(40)31(32,33)34/h3-14,18-19,26-28,39H,15-17H2,1-2H3,(H,35,40)/t19-,26+,27+,28+/m0/s1. The van der Waals surface area contributed by atoms with Gasteiger partial charge in [-0.1, -0.05) is 114 Å². The number of carbonyl (C=O) groups excluding carboxylic acids is 1. The molecule has 12 heteroatoms. The van der Waals surface area contributed by atoms with Gasteiger partial charge in [0.1, 0.15) is 6.33 Å². The second-order valence-corrected chi connectivity index (χ2v) is 13.6. The molecule has 226 valence electrons. The second-order valence-electron chi connectivity index (χ2n) is 10.4. The minimum absolute atomic E-state index is 0.0165. The maximum absolute atomic E-state index is 12.0. The van der Waals surface area contributed by atoms with Gasteiger partial charge in [-0.25, -0.2) is 0 Å². The molecule has 0 bridgehead atoms. The molecule has 5 rings (SSSR count). The van der Waals surface area contributed by atoms with Gasteiger partial charge in [0.15, 0.2) is 11.4 Å². The SMILES string of the molecule is C[C@H]1[C@@H](CSc2nncn2C)O[C@@H](c2cccc(-c3cccc(CNC(=O)C(Cl)(Cl)Cl)c3)c2)O[C@H]1c1ccc(CO)cc1. The molecule has 1 aromatic heterocycles. The smallest absolute Gasteiger partial charge is 0.272 e. The first-order chi connectivity index (χ1) is 20.6. The van der Waals surface area contributed by atoms with Crippen LogP contribution in [0.15, 0.2) is 84.3 Å². The van der Waals surface area contributed by atoms with Gasteiger partial charge in [-0.05, 0) is 39.9 Å². The van der Waals surface area contributed by atoms with E-state index in [9.17, 15) is 9.90 Å². The highest BCUT2D eigenvalue weighted by Crippen LogP contribution is 2.43. The van der Waals surface area contributed by atoms with Crippen LogP contribution < -0.4 is 5.32 Å². The summed E-state index contributed by atoms with van der Waals surface area (Å²) < 4.78 is 13.1. The van der Waals surface area contributed by atoms with Gasteiger partial charge in [-0.3, -0.25) is 4.79 Å². The molecule has 0 aliphatic carbocycles. The highest BCUT2D eigenvalue weighted by Gasteiger charge is 2.38. The molecule has 1 aliphatic heterocycles. The van der Waals surface area contributed by atoms with Gasteiger partial charge in [-0.15, -0.1) is 10.2 Å². The number of aryl methyl sites for hydroxylation is 1. The van der Waals surface area contributed by atoms with Crippen LogP contribution in [0.2, 0.25) is 0 Å². The number of amides is 1. The van der Waals surface area contributed by atoms with Crippen molar-refractivity contribution in [3.05, 3.63) is 101 Å². The van der Waals surface area contributed by atoms with Crippen LogP contribution in [0, 0.1) is 5.92 Å². The van der Waals surface area contributed by atoms with E-state index >= 15 is 0 Å². The lowest BCUT2D eigenvalue weighted by molar-refractivity contribution is -0.268. The summed E-state index contributed by atoms with van der Waals surface area (Å²) in [6.07, 6.45) is 0.692. The lowest BCUT2D eigenvalue weighted by Crippen LogP contribution is -2.38. The summed E-state index contributed by atoms with van der Waals surface area (Å²) >= 11 is 18.6. The molecule has 3 aromatic carbocycles. The van der Waals surface area contributed by atoms with E-state index in [2.05, 4.69) is 28.5 Å². The van der Waals surface area contributed by atoms with Crippen molar-refractivity contribution >= 4 is 52.5 Å². The molecule has 0 saturated carbocycles. The number of hydrogen-bond acceptors (Lipinski definition) is 7. The average molecular weight is 662 g/mol. The number of ether oxygens (including phenoxy) is 2. The molecule has 1 amide bonds. The zero-order valence-electron chi connectivity index (χ0n) is 23.5. The van der Waals surface area contributed by atoms with Crippen LogP contribution in [0.5, 0.6) is 0 Å². The van der Waals surface area contributed by atoms with Crippen molar-refractivity contribution < 1.29 is 19.4 Å². The van der Waals surface area contributed by atoms with Gasteiger partial charge in [0.2, 0.25) is 0 Å². The number of hydrogen-bond donors (Lipinski definition) is 2. The van der Waals surface area contributed by atoms with E-state index < -0.39 is 16.0 Å². The Kier molecular flexibility index (Phi) is 10.3. The molecular weight excluding hydrogens is 631 g/mol. The molecule has 2 heterocycles. The topological polar surface area (TPSA) is 98.5 Å². The minimum Gasteiger partial charge on any atom is -0.392 e. The number of nitrogens with zero attached hydrogens (tertiary/aromatic N) is 3. The van der Waals surface area contributed by atoms with Crippen molar-refractivity contribution in [2.75, 3.05) is 5.75 Å². The number of carbonyl (C=O) groups is 1. The van der Waals surface area contributed by atoms with Crippen LogP contribution in [-0.2, 0) is 34.5 Å². The van der Waals surface area contributed by atoms with Crippen molar-refractivity contribution in [2.24, 2.45) is 13.0 Å². The normalized spacial score (nSPS) is 20.6. The van der Waals surface area contributed by atoms with Gasteiger partial charge >= 0.3 is 0 Å². The fourth-order valence-corrected chi connectivity index (χ4v) is 6.13. The van der Waals surface area contributed by atoms with Crippen molar-refractivity contribution in [3.8, 4) is 11.1 Å². The molecular formula is C31H31Cl3N4O4S. The molecule has 4 aromatic rings. The average Bonchev–Trinajstić information content (AvgIpc) is 3.43. The largest absolute Gasteiger partial charge is 0.392 e. The Morgan fingerprint density at radius 1 is 1.00 bits per heavy atom. The Hall–Kier alpha value is -2.63. The molecule has 8 nitrogen and oxygen atoms in total. The van der Waals surface area contributed by atoms with Crippen molar-refractivity contribution in [1.29, 1.82) is 0 Å². The Labute approximate surface area is 269 Å². The Bertz CT molecular complexity index is 1550. The molecule has 2 N–H and O–H groups in total. The van der Waals surface area contributed by atoms with Crippen molar-refractivity contribution in [1.82, 2.24) is 20.1 Å². The zero-order chi connectivity index (χ0) is 30.6. The second kappa shape index (κ2) is 14.0. The van der Waals surface area contributed by atoms with Gasteiger partial charge < -0.3 is 24.5 Å². The van der Waals surface area contributed by atoms with Crippen molar-refractivity contribution in [2.45, 2.75) is 47.5 Å². The third kappa shape index (κ3) is 7.91. The van der Waals surface area contributed by atoms with Gasteiger partial charge in [0.25, 0.3) is 9.70 Å². The molecule has 1 saturated heterocycles. The number of aromatic nitrogens is 3. The van der Waals surface area contributed by atoms with E-state index in [1.165, 1.54) is 0 Å². The maximum Gasteiger partial charge on any atom is 0.272 e. The number of nitrogens with one attached hydrogen (secondary N) is 1.